The fourth-order valence-electron chi connectivity index (χ4n) is 1.68. The van der Waals surface area contributed by atoms with Gasteiger partial charge in [0.2, 0.25) is 0 Å². The lowest BCUT2D eigenvalue weighted by molar-refractivity contribution is -0.123. The Morgan fingerprint density at radius 1 is 1.30 bits per heavy atom. The van der Waals surface area contributed by atoms with Gasteiger partial charge in [0.15, 0.2) is 6.61 Å². The van der Waals surface area contributed by atoms with Crippen molar-refractivity contribution in [2.75, 3.05) is 13.7 Å². The molecule has 7 heteroatoms. The number of hydrogen-bond acceptors (Lipinski definition) is 4. The van der Waals surface area contributed by atoms with Crippen LogP contribution >= 0.6 is 27.5 Å². The summed E-state index contributed by atoms with van der Waals surface area (Å²) in [6, 6.07) is 12.4. The molecule has 0 bridgehead atoms. The van der Waals surface area contributed by atoms with E-state index in [2.05, 4.69) is 26.5 Å². The van der Waals surface area contributed by atoms with Crippen molar-refractivity contribution in [3.8, 4) is 11.5 Å². The van der Waals surface area contributed by atoms with Gasteiger partial charge < -0.3 is 9.47 Å². The van der Waals surface area contributed by atoms with Crippen molar-refractivity contribution in [3.63, 3.8) is 0 Å². The van der Waals surface area contributed by atoms with Crippen molar-refractivity contribution in [2.24, 2.45) is 5.10 Å². The van der Waals surface area contributed by atoms with E-state index in [9.17, 15) is 4.79 Å². The Morgan fingerprint density at radius 3 is 2.78 bits per heavy atom. The summed E-state index contributed by atoms with van der Waals surface area (Å²) in [6.07, 6.45) is 1.53. The van der Waals surface area contributed by atoms with E-state index in [1.54, 1.807) is 37.4 Å². The molecule has 23 heavy (non-hydrogen) atoms. The molecular formula is C16H14BrClN2O3. The Morgan fingerprint density at radius 2 is 2.09 bits per heavy atom. The molecule has 0 aliphatic carbocycles. The predicted molar refractivity (Wildman–Crippen MR) is 93.4 cm³/mol. The van der Waals surface area contributed by atoms with Gasteiger partial charge in [-0.3, -0.25) is 4.79 Å². The topological polar surface area (TPSA) is 59.9 Å². The molecule has 0 saturated heterocycles. The van der Waals surface area contributed by atoms with Gasteiger partial charge in [0.1, 0.15) is 11.5 Å². The average Bonchev–Trinajstić information content (AvgIpc) is 2.54. The highest BCUT2D eigenvalue weighted by molar-refractivity contribution is 9.10. The maximum Gasteiger partial charge on any atom is 0.277 e. The highest BCUT2D eigenvalue weighted by Gasteiger charge is 2.04. The van der Waals surface area contributed by atoms with Crippen molar-refractivity contribution in [3.05, 3.63) is 57.5 Å². The van der Waals surface area contributed by atoms with Crippen molar-refractivity contribution in [1.29, 1.82) is 0 Å². The number of ether oxygens (including phenoxy) is 2. The summed E-state index contributed by atoms with van der Waals surface area (Å²) >= 11 is 9.31. The van der Waals surface area contributed by atoms with Gasteiger partial charge in [-0.1, -0.05) is 23.7 Å². The molecule has 0 aliphatic rings. The van der Waals surface area contributed by atoms with Crippen molar-refractivity contribution in [1.82, 2.24) is 5.43 Å². The third-order valence-electron chi connectivity index (χ3n) is 2.77. The molecule has 0 radical (unpaired) electrons. The van der Waals surface area contributed by atoms with E-state index in [4.69, 9.17) is 21.1 Å². The summed E-state index contributed by atoms with van der Waals surface area (Å²) in [5.41, 5.74) is 3.19. The summed E-state index contributed by atoms with van der Waals surface area (Å²) in [4.78, 5) is 11.7. The average molecular weight is 398 g/mol. The number of para-hydroxylation sites is 1. The van der Waals surface area contributed by atoms with E-state index >= 15 is 0 Å². The van der Waals surface area contributed by atoms with Gasteiger partial charge in [0.25, 0.3) is 5.91 Å². The van der Waals surface area contributed by atoms with Crippen LogP contribution in [0.4, 0.5) is 0 Å². The zero-order valence-corrected chi connectivity index (χ0v) is 14.6. The summed E-state index contributed by atoms with van der Waals surface area (Å²) in [5, 5.41) is 4.32. The van der Waals surface area contributed by atoms with Crippen LogP contribution in [0.5, 0.6) is 11.5 Å². The molecule has 0 saturated carbocycles. The van der Waals surface area contributed by atoms with Gasteiger partial charge in [-0.2, -0.15) is 5.10 Å². The first-order valence-corrected chi connectivity index (χ1v) is 7.80. The lowest BCUT2D eigenvalue weighted by atomic mass is 10.2. The number of nitrogens with zero attached hydrogens (tertiary/aromatic N) is 1. The fourth-order valence-corrected chi connectivity index (χ4v) is 2.43. The molecule has 0 fully saturated rings. The zero-order chi connectivity index (χ0) is 16.7. The van der Waals surface area contributed by atoms with Crippen LogP contribution in [0.3, 0.4) is 0 Å². The highest BCUT2D eigenvalue weighted by Crippen LogP contribution is 2.25. The number of carbonyl (C=O) groups excluding carboxylic acids is 1. The van der Waals surface area contributed by atoms with Crippen molar-refractivity contribution < 1.29 is 14.3 Å². The number of amides is 1. The van der Waals surface area contributed by atoms with Crippen molar-refractivity contribution >= 4 is 39.7 Å². The number of rotatable bonds is 6. The predicted octanol–water partition coefficient (Wildman–Crippen LogP) is 3.64. The Bertz CT molecular complexity index is 722. The van der Waals surface area contributed by atoms with Gasteiger partial charge in [-0.05, 0) is 51.8 Å². The van der Waals surface area contributed by atoms with Crippen LogP contribution in [-0.4, -0.2) is 25.8 Å². The molecule has 2 aromatic carbocycles. The Hall–Kier alpha value is -2.05. The van der Waals surface area contributed by atoms with E-state index in [1.165, 1.54) is 6.21 Å². The first-order valence-electron chi connectivity index (χ1n) is 6.63. The molecule has 5 nitrogen and oxygen atoms in total. The first-order chi connectivity index (χ1) is 11.1. The number of halogens is 2. The molecule has 0 atom stereocenters. The van der Waals surface area contributed by atoms with Crippen LogP contribution < -0.4 is 14.9 Å². The van der Waals surface area contributed by atoms with Crippen molar-refractivity contribution in [2.45, 2.75) is 0 Å². The number of carbonyl (C=O) groups is 1. The largest absolute Gasteiger partial charge is 0.496 e. The normalized spacial score (nSPS) is 10.6. The third-order valence-corrected chi connectivity index (χ3v) is 3.71. The maximum absolute atomic E-state index is 11.7. The molecule has 0 aliphatic heterocycles. The second-order valence-electron chi connectivity index (χ2n) is 4.41. The van der Waals surface area contributed by atoms with Crippen LogP contribution in [-0.2, 0) is 4.79 Å². The number of methoxy groups -OCH3 is 1. The molecule has 0 heterocycles. The molecule has 1 amide bonds. The molecular weight excluding hydrogens is 384 g/mol. The minimum absolute atomic E-state index is 0.173. The van der Waals surface area contributed by atoms with Gasteiger partial charge in [0.05, 0.1) is 22.8 Å². The zero-order valence-electron chi connectivity index (χ0n) is 12.3. The summed E-state index contributed by atoms with van der Waals surface area (Å²) in [7, 11) is 1.59. The SMILES string of the molecule is COc1ccc(/C=N/NC(=O)COc2ccccc2Cl)cc1Br. The standard InChI is InChI=1S/C16H14BrClN2O3/c1-22-14-7-6-11(8-12(14)17)9-19-20-16(21)10-23-15-5-3-2-4-13(15)18/h2-9H,10H2,1H3,(H,20,21)/b19-9+. The van der Waals surface area contributed by atoms with E-state index in [-0.39, 0.29) is 12.5 Å². The Labute approximate surface area is 147 Å². The van der Waals surface area contributed by atoms with E-state index in [1.807, 2.05) is 12.1 Å². The third kappa shape index (κ3) is 5.26. The molecule has 2 rings (SSSR count). The lowest BCUT2D eigenvalue weighted by Crippen LogP contribution is -2.24. The van der Waals surface area contributed by atoms with Crippen LogP contribution in [0, 0.1) is 0 Å². The minimum atomic E-state index is -0.381. The van der Waals surface area contributed by atoms with E-state index < -0.39 is 0 Å². The Kier molecular flexibility index (Phi) is 6.43. The smallest absolute Gasteiger partial charge is 0.277 e. The molecule has 0 aromatic heterocycles. The number of nitrogens with one attached hydrogen (secondary N) is 1. The number of hydrogen-bond donors (Lipinski definition) is 1. The second kappa shape index (κ2) is 8.55. The number of benzene rings is 2. The quantitative estimate of drug-likeness (QED) is 0.598. The van der Waals surface area contributed by atoms with E-state index in [0.717, 1.165) is 15.8 Å². The second-order valence-corrected chi connectivity index (χ2v) is 5.67. The highest BCUT2D eigenvalue weighted by atomic mass is 79.9. The molecule has 1 N–H and O–H groups in total. The Balaban J connectivity index is 1.84. The first kappa shape index (κ1) is 17.3. The summed E-state index contributed by atoms with van der Waals surface area (Å²) in [5.74, 6) is 0.792. The maximum atomic E-state index is 11.7. The summed E-state index contributed by atoms with van der Waals surface area (Å²) in [6.45, 7) is -0.173. The van der Waals surface area contributed by atoms with Gasteiger partial charge in [-0.15, -0.1) is 0 Å². The van der Waals surface area contributed by atoms with Gasteiger partial charge in [-0.25, -0.2) is 5.43 Å². The monoisotopic (exact) mass is 396 g/mol. The minimum Gasteiger partial charge on any atom is -0.496 e. The molecule has 0 unspecified atom stereocenters. The van der Waals surface area contributed by atoms with Crippen LogP contribution in [0.1, 0.15) is 5.56 Å². The van der Waals surface area contributed by atoms with Crippen LogP contribution in [0.2, 0.25) is 5.02 Å². The van der Waals surface area contributed by atoms with Gasteiger partial charge >= 0.3 is 0 Å². The summed E-state index contributed by atoms with van der Waals surface area (Å²) < 4.78 is 11.2. The van der Waals surface area contributed by atoms with Gasteiger partial charge in [0, 0.05) is 0 Å². The molecule has 2 aromatic rings. The number of hydrazone groups is 1. The molecule has 0 spiro atoms. The fraction of sp³-hybridized carbons (Fsp3) is 0.125. The lowest BCUT2D eigenvalue weighted by Gasteiger charge is -2.06. The molecule has 120 valence electrons. The van der Waals surface area contributed by atoms with Crippen LogP contribution in [0.25, 0.3) is 0 Å². The van der Waals surface area contributed by atoms with Crippen LogP contribution in [0.15, 0.2) is 52.0 Å². The van der Waals surface area contributed by atoms with E-state index in [0.29, 0.717) is 10.8 Å².